The number of hydrogen-bond acceptors (Lipinski definition) is 6. The largest absolute Gasteiger partial charge is 0.492 e. The van der Waals surface area contributed by atoms with Crippen molar-refractivity contribution in [3.8, 4) is 5.75 Å². The second kappa shape index (κ2) is 11.0. The van der Waals surface area contributed by atoms with Gasteiger partial charge in [-0.25, -0.2) is 14.8 Å². The van der Waals surface area contributed by atoms with Crippen LogP contribution in [0.2, 0.25) is 0 Å². The minimum absolute atomic E-state index is 0.162. The summed E-state index contributed by atoms with van der Waals surface area (Å²) in [5.41, 5.74) is 0.0447. The number of nitrogens with one attached hydrogen (secondary N) is 1. The number of rotatable bonds is 6. The zero-order chi connectivity index (χ0) is 25.5. The van der Waals surface area contributed by atoms with Gasteiger partial charge in [-0.2, -0.15) is 13.2 Å². The highest BCUT2D eigenvalue weighted by atomic mass is 19.4. The lowest BCUT2D eigenvalue weighted by atomic mass is 10.1. The van der Waals surface area contributed by atoms with E-state index in [9.17, 15) is 22.8 Å². The van der Waals surface area contributed by atoms with Gasteiger partial charge in [-0.15, -0.1) is 0 Å². The molecule has 4 rings (SSSR count). The molecule has 3 amide bonds. The highest BCUT2D eigenvalue weighted by molar-refractivity contribution is 5.93. The molecule has 3 aromatic rings. The molecule has 1 N–H and O–H groups in total. The zero-order valence-electron chi connectivity index (χ0n) is 19.1. The first-order chi connectivity index (χ1) is 17.3. The molecule has 0 radical (unpaired) electrons. The van der Waals surface area contributed by atoms with Crippen molar-refractivity contribution >= 4 is 17.8 Å². The normalized spacial score (nSPS) is 13.9. The number of alkyl halides is 3. The van der Waals surface area contributed by atoms with E-state index >= 15 is 0 Å². The molecule has 1 saturated heterocycles. The van der Waals surface area contributed by atoms with E-state index in [1.807, 2.05) is 0 Å². The number of nitrogens with zero attached hydrogens (tertiary/aromatic N) is 5. The minimum atomic E-state index is -4.39. The third-order valence-electron chi connectivity index (χ3n) is 5.52. The number of piperazine rings is 1. The first-order valence-electron chi connectivity index (χ1n) is 11.2. The topological polar surface area (TPSA) is 101 Å². The Morgan fingerprint density at radius 1 is 0.972 bits per heavy atom. The van der Waals surface area contributed by atoms with Crippen molar-refractivity contribution in [2.75, 3.05) is 38.1 Å². The summed E-state index contributed by atoms with van der Waals surface area (Å²) >= 11 is 0. The van der Waals surface area contributed by atoms with Crippen LogP contribution in [0.5, 0.6) is 5.75 Å². The maximum Gasteiger partial charge on any atom is 0.416 e. The molecule has 0 saturated carbocycles. The molecule has 0 unspecified atom stereocenters. The van der Waals surface area contributed by atoms with Gasteiger partial charge >= 0.3 is 12.2 Å². The summed E-state index contributed by atoms with van der Waals surface area (Å²) in [6.07, 6.45) is 1.74. The highest BCUT2D eigenvalue weighted by Gasteiger charge is 2.30. The fraction of sp³-hybridized carbons (Fsp3) is 0.292. The van der Waals surface area contributed by atoms with Crippen LogP contribution in [0.15, 0.2) is 61.2 Å². The van der Waals surface area contributed by atoms with Crippen molar-refractivity contribution in [3.63, 3.8) is 0 Å². The van der Waals surface area contributed by atoms with Crippen molar-refractivity contribution < 1.29 is 27.5 Å². The van der Waals surface area contributed by atoms with Gasteiger partial charge < -0.3 is 14.5 Å². The van der Waals surface area contributed by atoms with Gasteiger partial charge in [0.2, 0.25) is 0 Å². The van der Waals surface area contributed by atoms with Crippen LogP contribution >= 0.6 is 0 Å². The van der Waals surface area contributed by atoms with Crippen LogP contribution in [0.3, 0.4) is 0 Å². The predicted octanol–water partition coefficient (Wildman–Crippen LogP) is 3.50. The SMILES string of the molecule is O=C(Nc1cnccn1)N1CCN(C(=O)c2ccc(OCCc3cccc(C(F)(F)F)c3)cn2)CC1. The van der Waals surface area contributed by atoms with Gasteiger partial charge in [0.15, 0.2) is 5.82 Å². The number of carbonyl (C=O) groups excluding carboxylic acids is 2. The summed E-state index contributed by atoms with van der Waals surface area (Å²) in [7, 11) is 0. The molecule has 0 spiro atoms. The van der Waals surface area contributed by atoms with E-state index in [0.29, 0.717) is 49.7 Å². The fourth-order valence-electron chi connectivity index (χ4n) is 3.61. The van der Waals surface area contributed by atoms with Crippen LogP contribution in [0.25, 0.3) is 0 Å². The van der Waals surface area contributed by atoms with Crippen molar-refractivity contribution in [1.82, 2.24) is 24.8 Å². The molecule has 1 fully saturated rings. The Morgan fingerprint density at radius 2 is 1.75 bits per heavy atom. The Kier molecular flexibility index (Phi) is 7.62. The smallest absolute Gasteiger partial charge is 0.416 e. The average molecular weight is 500 g/mol. The second-order valence-corrected chi connectivity index (χ2v) is 7.98. The van der Waals surface area contributed by atoms with Gasteiger partial charge in [-0.1, -0.05) is 18.2 Å². The molecule has 9 nitrogen and oxygen atoms in total. The van der Waals surface area contributed by atoms with Gasteiger partial charge in [0.05, 0.1) is 24.6 Å². The molecular weight excluding hydrogens is 477 g/mol. The lowest BCUT2D eigenvalue weighted by Crippen LogP contribution is -2.51. The van der Waals surface area contributed by atoms with E-state index in [1.165, 1.54) is 36.9 Å². The Bertz CT molecular complexity index is 1180. The van der Waals surface area contributed by atoms with Crippen molar-refractivity contribution in [2.45, 2.75) is 12.6 Å². The number of amides is 3. The number of hydrogen-bond donors (Lipinski definition) is 1. The van der Waals surface area contributed by atoms with Crippen LogP contribution in [-0.4, -0.2) is 69.5 Å². The second-order valence-electron chi connectivity index (χ2n) is 7.98. The van der Waals surface area contributed by atoms with E-state index < -0.39 is 11.7 Å². The van der Waals surface area contributed by atoms with E-state index in [2.05, 4.69) is 20.3 Å². The molecule has 0 aliphatic carbocycles. The summed E-state index contributed by atoms with van der Waals surface area (Å²) < 4.78 is 44.1. The highest BCUT2D eigenvalue weighted by Crippen LogP contribution is 2.29. The summed E-state index contributed by atoms with van der Waals surface area (Å²) in [5.74, 6) is 0.492. The maximum atomic E-state index is 12.8. The molecule has 1 aliphatic rings. The number of halogens is 3. The van der Waals surface area contributed by atoms with Crippen LogP contribution in [0.1, 0.15) is 21.6 Å². The molecule has 3 heterocycles. The summed E-state index contributed by atoms with van der Waals surface area (Å²) in [6, 6.07) is 7.92. The summed E-state index contributed by atoms with van der Waals surface area (Å²) in [4.78, 5) is 40.4. The summed E-state index contributed by atoms with van der Waals surface area (Å²) in [6.45, 7) is 1.57. The molecule has 1 aliphatic heterocycles. The number of anilines is 1. The molecule has 36 heavy (non-hydrogen) atoms. The molecule has 0 bridgehead atoms. The Labute approximate surface area is 204 Å². The van der Waals surface area contributed by atoms with Gasteiger partial charge in [-0.05, 0) is 23.8 Å². The number of carbonyl (C=O) groups is 2. The van der Waals surface area contributed by atoms with Gasteiger partial charge in [-0.3, -0.25) is 15.1 Å². The van der Waals surface area contributed by atoms with Gasteiger partial charge in [0.1, 0.15) is 11.4 Å². The van der Waals surface area contributed by atoms with E-state index in [4.69, 9.17) is 4.74 Å². The Hall–Kier alpha value is -4.22. The quantitative estimate of drug-likeness (QED) is 0.556. The molecule has 12 heteroatoms. The summed E-state index contributed by atoms with van der Waals surface area (Å²) in [5, 5.41) is 2.66. The maximum absolute atomic E-state index is 12.8. The Balaban J connectivity index is 1.23. The molecule has 1 aromatic carbocycles. The predicted molar refractivity (Wildman–Crippen MR) is 123 cm³/mol. The standard InChI is InChI=1S/C24H23F3N6O3/c25-24(26,27)18-3-1-2-17(14-18)6-13-36-19-4-5-20(30-15-19)22(34)32-9-11-33(12-10-32)23(35)31-21-16-28-7-8-29-21/h1-5,7-8,14-16H,6,9-13H2,(H,29,31,35). The van der Waals surface area contributed by atoms with Crippen molar-refractivity contribution in [3.05, 3.63) is 78.0 Å². The monoisotopic (exact) mass is 500 g/mol. The molecule has 188 valence electrons. The van der Waals surface area contributed by atoms with E-state index in [0.717, 1.165) is 12.1 Å². The third kappa shape index (κ3) is 6.46. The number of urea groups is 1. The van der Waals surface area contributed by atoms with E-state index in [1.54, 1.807) is 21.9 Å². The van der Waals surface area contributed by atoms with E-state index in [-0.39, 0.29) is 24.2 Å². The molecule has 2 aromatic heterocycles. The third-order valence-corrected chi connectivity index (χ3v) is 5.52. The Morgan fingerprint density at radius 3 is 2.42 bits per heavy atom. The van der Waals surface area contributed by atoms with Crippen LogP contribution in [0.4, 0.5) is 23.8 Å². The zero-order valence-corrected chi connectivity index (χ0v) is 19.1. The first-order valence-corrected chi connectivity index (χ1v) is 11.2. The lowest BCUT2D eigenvalue weighted by Gasteiger charge is -2.34. The van der Waals surface area contributed by atoms with Crippen molar-refractivity contribution in [2.24, 2.45) is 0 Å². The van der Waals surface area contributed by atoms with Crippen LogP contribution in [-0.2, 0) is 12.6 Å². The molecule has 0 atom stereocenters. The number of pyridine rings is 1. The lowest BCUT2D eigenvalue weighted by molar-refractivity contribution is -0.137. The average Bonchev–Trinajstić information content (AvgIpc) is 2.89. The van der Waals surface area contributed by atoms with Crippen LogP contribution in [0, 0.1) is 0 Å². The van der Waals surface area contributed by atoms with Crippen LogP contribution < -0.4 is 10.1 Å². The van der Waals surface area contributed by atoms with Gasteiger partial charge in [0, 0.05) is 45.0 Å². The molecular formula is C24H23F3N6O3. The fourth-order valence-corrected chi connectivity index (χ4v) is 3.61. The van der Waals surface area contributed by atoms with Gasteiger partial charge in [0.25, 0.3) is 5.91 Å². The van der Waals surface area contributed by atoms with Crippen molar-refractivity contribution in [1.29, 1.82) is 0 Å². The minimum Gasteiger partial charge on any atom is -0.492 e. The first kappa shape index (κ1) is 24.9. The number of ether oxygens (including phenoxy) is 1. The number of aromatic nitrogens is 3. The number of benzene rings is 1.